The molecule has 1 aliphatic heterocycles. The van der Waals surface area contributed by atoms with Crippen molar-refractivity contribution in [3.8, 4) is 0 Å². The molecule has 2 N–H and O–H groups in total. The predicted molar refractivity (Wildman–Crippen MR) is 123 cm³/mol. The van der Waals surface area contributed by atoms with Gasteiger partial charge in [-0.25, -0.2) is 9.78 Å². The van der Waals surface area contributed by atoms with E-state index in [0.29, 0.717) is 26.2 Å². The lowest BCUT2D eigenvalue weighted by atomic mass is 9.93. The van der Waals surface area contributed by atoms with E-state index in [1.165, 1.54) is 23.4 Å². The molecule has 3 heterocycles. The number of hydrogen-bond donors (Lipinski definition) is 2. The molecule has 0 spiro atoms. The van der Waals surface area contributed by atoms with Gasteiger partial charge in [-0.2, -0.15) is 0 Å². The minimum atomic E-state index is -0.901. The number of benzene rings is 1. The quantitative estimate of drug-likeness (QED) is 0.456. The number of carboxylic acid groups (broad SMARTS) is 1. The van der Waals surface area contributed by atoms with Crippen LogP contribution in [0.2, 0.25) is 0 Å². The van der Waals surface area contributed by atoms with Crippen molar-refractivity contribution < 1.29 is 24.3 Å². The number of nitrogens with zero attached hydrogens (tertiary/aromatic N) is 4. The van der Waals surface area contributed by atoms with Gasteiger partial charge in [0, 0.05) is 56.4 Å². The smallest absolute Gasteiger partial charge is 0.407 e. The Hall–Kier alpha value is -4.12. The predicted octanol–water partition coefficient (Wildman–Crippen LogP) is 2.04. The minimum Gasteiger partial charge on any atom is -0.465 e. The molecule has 34 heavy (non-hydrogen) atoms. The summed E-state index contributed by atoms with van der Waals surface area (Å²) in [5, 5.41) is 11.9. The van der Waals surface area contributed by atoms with Crippen molar-refractivity contribution in [3.05, 3.63) is 75.0 Å². The molecule has 2 amide bonds. The van der Waals surface area contributed by atoms with Crippen LogP contribution in [0, 0.1) is 0 Å². The first kappa shape index (κ1) is 21.7. The molecule has 2 aromatic heterocycles. The SMILES string of the molecule is O=C(NCc1ccc(N2CCN(C(=O)O)CC2)cc1)c1nc2c(s1)C(=O)c1ccncc1C2=O. The van der Waals surface area contributed by atoms with E-state index >= 15 is 0 Å². The number of fused-ring (bicyclic) bond motifs is 2. The zero-order chi connectivity index (χ0) is 23.8. The first-order valence-electron chi connectivity index (χ1n) is 10.6. The molecular formula is C23H19N5O5S. The molecule has 0 bridgehead atoms. The van der Waals surface area contributed by atoms with Crippen molar-refractivity contribution in [2.45, 2.75) is 6.54 Å². The molecule has 2 aliphatic rings. The summed E-state index contributed by atoms with van der Waals surface area (Å²) in [7, 11) is 0. The Labute approximate surface area is 197 Å². The molecule has 0 atom stereocenters. The highest BCUT2D eigenvalue weighted by molar-refractivity contribution is 7.16. The van der Waals surface area contributed by atoms with Crippen LogP contribution in [0.3, 0.4) is 0 Å². The molecule has 0 unspecified atom stereocenters. The van der Waals surface area contributed by atoms with Gasteiger partial charge in [0.25, 0.3) is 5.91 Å². The molecule has 1 saturated heterocycles. The van der Waals surface area contributed by atoms with Gasteiger partial charge in [0.2, 0.25) is 11.6 Å². The molecule has 5 rings (SSSR count). The van der Waals surface area contributed by atoms with Crippen molar-refractivity contribution in [2.75, 3.05) is 31.1 Å². The number of anilines is 1. The molecule has 1 aromatic carbocycles. The zero-order valence-electron chi connectivity index (χ0n) is 17.9. The standard InChI is InChI=1S/C23H19N5O5S/c29-18-16-12-24-6-5-15(16)19(30)20-17(18)26-22(34-20)21(31)25-11-13-1-3-14(4-2-13)27-7-9-28(10-8-27)23(32)33/h1-6,12H,7-11H2,(H,25,31)(H,32,33). The molecule has 10 nitrogen and oxygen atoms in total. The molecule has 1 aliphatic carbocycles. The van der Waals surface area contributed by atoms with Crippen LogP contribution in [0.5, 0.6) is 0 Å². The van der Waals surface area contributed by atoms with Crippen molar-refractivity contribution in [2.24, 2.45) is 0 Å². The Balaban J connectivity index is 1.22. The molecule has 3 aromatic rings. The first-order chi connectivity index (χ1) is 16.4. The lowest BCUT2D eigenvalue weighted by Crippen LogP contribution is -2.48. The molecular weight excluding hydrogens is 458 g/mol. The Kier molecular flexibility index (Phi) is 5.54. The largest absolute Gasteiger partial charge is 0.465 e. The summed E-state index contributed by atoms with van der Waals surface area (Å²) in [6.45, 7) is 2.40. The van der Waals surface area contributed by atoms with Crippen LogP contribution in [-0.2, 0) is 6.54 Å². The van der Waals surface area contributed by atoms with Crippen LogP contribution in [0.1, 0.15) is 46.7 Å². The maximum atomic E-state index is 12.7. The Morgan fingerprint density at radius 2 is 1.74 bits per heavy atom. The summed E-state index contributed by atoms with van der Waals surface area (Å²) in [6, 6.07) is 9.14. The van der Waals surface area contributed by atoms with Gasteiger partial charge in [0.1, 0.15) is 10.6 Å². The summed E-state index contributed by atoms with van der Waals surface area (Å²) in [6.07, 6.45) is 1.89. The first-order valence-corrected chi connectivity index (χ1v) is 11.4. The summed E-state index contributed by atoms with van der Waals surface area (Å²) >= 11 is 0.911. The van der Waals surface area contributed by atoms with Gasteiger partial charge in [-0.05, 0) is 23.8 Å². The topological polar surface area (TPSA) is 133 Å². The van der Waals surface area contributed by atoms with E-state index in [0.717, 1.165) is 22.6 Å². The van der Waals surface area contributed by atoms with E-state index in [4.69, 9.17) is 5.11 Å². The second-order valence-electron chi connectivity index (χ2n) is 7.88. The fraction of sp³-hybridized carbons (Fsp3) is 0.217. The van der Waals surface area contributed by atoms with Gasteiger partial charge in [-0.3, -0.25) is 19.4 Å². The average Bonchev–Trinajstić information content (AvgIpc) is 3.32. The third-order valence-electron chi connectivity index (χ3n) is 5.86. The maximum absolute atomic E-state index is 12.7. The van der Waals surface area contributed by atoms with Gasteiger partial charge in [-0.15, -0.1) is 11.3 Å². The van der Waals surface area contributed by atoms with Gasteiger partial charge in [0.05, 0.1) is 5.56 Å². The normalized spacial score (nSPS) is 15.1. The van der Waals surface area contributed by atoms with E-state index in [2.05, 4.69) is 20.2 Å². The summed E-state index contributed by atoms with van der Waals surface area (Å²) in [4.78, 5) is 60.8. The van der Waals surface area contributed by atoms with Crippen LogP contribution >= 0.6 is 11.3 Å². The van der Waals surface area contributed by atoms with Crippen molar-refractivity contribution in [1.29, 1.82) is 0 Å². The number of aromatic nitrogens is 2. The second-order valence-corrected chi connectivity index (χ2v) is 8.88. The monoisotopic (exact) mass is 477 g/mol. The molecule has 1 fully saturated rings. The highest BCUT2D eigenvalue weighted by Gasteiger charge is 2.34. The number of nitrogens with one attached hydrogen (secondary N) is 1. The number of ketones is 2. The number of pyridine rings is 1. The van der Waals surface area contributed by atoms with Crippen molar-refractivity contribution >= 4 is 40.6 Å². The molecule has 172 valence electrons. The number of carbonyl (C=O) groups is 4. The third kappa shape index (κ3) is 3.90. The van der Waals surface area contributed by atoms with E-state index in [-0.39, 0.29) is 39.0 Å². The molecule has 11 heteroatoms. The number of piperazine rings is 1. The average molecular weight is 478 g/mol. The van der Waals surface area contributed by atoms with Crippen molar-refractivity contribution in [3.63, 3.8) is 0 Å². The van der Waals surface area contributed by atoms with Crippen LogP contribution in [0.25, 0.3) is 0 Å². The van der Waals surface area contributed by atoms with E-state index in [1.54, 1.807) is 0 Å². The van der Waals surface area contributed by atoms with Crippen LogP contribution in [-0.4, -0.2) is 69.7 Å². The lowest BCUT2D eigenvalue weighted by Gasteiger charge is -2.34. The number of amides is 2. The minimum absolute atomic E-state index is 0.00648. The number of hydrogen-bond acceptors (Lipinski definition) is 8. The number of rotatable bonds is 4. The molecule has 0 saturated carbocycles. The summed E-state index contributed by atoms with van der Waals surface area (Å²) in [5.41, 5.74) is 2.31. The Bertz CT molecular complexity index is 1260. The van der Waals surface area contributed by atoms with Gasteiger partial charge < -0.3 is 20.2 Å². The Morgan fingerprint density at radius 1 is 1.00 bits per heavy atom. The highest BCUT2D eigenvalue weighted by Crippen LogP contribution is 2.30. The number of carbonyl (C=O) groups excluding carboxylic acids is 3. The molecule has 0 radical (unpaired) electrons. The van der Waals surface area contributed by atoms with E-state index < -0.39 is 17.8 Å². The highest BCUT2D eigenvalue weighted by atomic mass is 32.1. The van der Waals surface area contributed by atoms with Gasteiger partial charge in [0.15, 0.2) is 5.01 Å². The third-order valence-corrected chi connectivity index (χ3v) is 6.91. The zero-order valence-corrected chi connectivity index (χ0v) is 18.7. The van der Waals surface area contributed by atoms with Gasteiger partial charge in [-0.1, -0.05) is 12.1 Å². The second kappa shape index (κ2) is 8.67. The van der Waals surface area contributed by atoms with Crippen LogP contribution < -0.4 is 10.2 Å². The van der Waals surface area contributed by atoms with Crippen LogP contribution in [0.4, 0.5) is 10.5 Å². The fourth-order valence-electron chi connectivity index (χ4n) is 3.99. The Morgan fingerprint density at radius 3 is 2.44 bits per heavy atom. The van der Waals surface area contributed by atoms with Crippen molar-refractivity contribution in [1.82, 2.24) is 20.2 Å². The van der Waals surface area contributed by atoms with Crippen LogP contribution in [0.15, 0.2) is 42.7 Å². The maximum Gasteiger partial charge on any atom is 0.407 e. The van der Waals surface area contributed by atoms with E-state index in [1.807, 2.05) is 24.3 Å². The number of thiazole rings is 1. The lowest BCUT2D eigenvalue weighted by molar-refractivity contribution is 0.0948. The summed E-state index contributed by atoms with van der Waals surface area (Å²) < 4.78 is 0. The fourth-order valence-corrected chi connectivity index (χ4v) is 4.92. The summed E-state index contributed by atoms with van der Waals surface area (Å²) in [5.74, 6) is -1.20. The van der Waals surface area contributed by atoms with Gasteiger partial charge >= 0.3 is 6.09 Å². The van der Waals surface area contributed by atoms with E-state index in [9.17, 15) is 19.2 Å².